The quantitative estimate of drug-likeness (QED) is 0.0190. The monoisotopic (exact) mass is 1350 g/mol. The number of imide groups is 2. The highest BCUT2D eigenvalue weighted by Gasteiger charge is 2.49. The second-order valence-corrected chi connectivity index (χ2v) is 28.9. The van der Waals surface area contributed by atoms with E-state index in [1.165, 1.54) is 46.7 Å². The molecular formula is C65H76ClF3N8O12S3. The number of halogens is 4. The normalized spacial score (nSPS) is 17.7. The van der Waals surface area contributed by atoms with Crippen LogP contribution in [-0.2, 0) is 43.7 Å². The van der Waals surface area contributed by atoms with Crippen LogP contribution in [0.5, 0.6) is 0 Å². The molecule has 92 heavy (non-hydrogen) atoms. The molecule has 0 saturated carbocycles. The Morgan fingerprint density at radius 2 is 1.48 bits per heavy atom. The van der Waals surface area contributed by atoms with Crippen LogP contribution in [0.15, 0.2) is 136 Å². The van der Waals surface area contributed by atoms with Crippen LogP contribution in [-0.4, -0.2) is 183 Å². The molecule has 5 aromatic carbocycles. The second-order valence-electron chi connectivity index (χ2n) is 23.8. The molecule has 0 spiro atoms. The lowest BCUT2D eigenvalue weighted by molar-refractivity contribution is -0.136. The van der Waals surface area contributed by atoms with E-state index in [0.717, 1.165) is 66.5 Å². The summed E-state index contributed by atoms with van der Waals surface area (Å²) >= 11 is 7.61. The molecule has 2 atom stereocenters. The first-order valence-corrected chi connectivity index (χ1v) is 34.7. The molecule has 4 aliphatic rings. The maximum absolute atomic E-state index is 14.4. The molecule has 20 nitrogen and oxygen atoms in total. The topological polar surface area (TPSA) is 242 Å². The highest BCUT2D eigenvalue weighted by Crippen LogP contribution is 2.44. The fraction of sp³-hybridized carbons (Fsp3) is 0.431. The van der Waals surface area contributed by atoms with Gasteiger partial charge in [0.25, 0.3) is 37.6 Å². The van der Waals surface area contributed by atoms with Crippen LogP contribution >= 0.6 is 23.4 Å². The van der Waals surface area contributed by atoms with E-state index < -0.39 is 82.5 Å². The van der Waals surface area contributed by atoms with Gasteiger partial charge in [0, 0.05) is 90.9 Å². The minimum absolute atomic E-state index is 0.0156. The third-order valence-corrected chi connectivity index (χ3v) is 20.8. The number of anilines is 3. The lowest BCUT2D eigenvalue weighted by Gasteiger charge is -2.39. The molecule has 5 amide bonds. The van der Waals surface area contributed by atoms with Crippen molar-refractivity contribution in [2.75, 3.05) is 120 Å². The van der Waals surface area contributed by atoms with Gasteiger partial charge in [-0.15, -0.1) is 11.8 Å². The van der Waals surface area contributed by atoms with Gasteiger partial charge in [-0.3, -0.25) is 39.1 Å². The Hall–Kier alpha value is -6.88. The maximum atomic E-state index is 14.4. The summed E-state index contributed by atoms with van der Waals surface area (Å²) in [6.45, 7) is 11.2. The van der Waals surface area contributed by atoms with E-state index in [9.17, 15) is 54.0 Å². The fourth-order valence-corrected chi connectivity index (χ4v) is 14.5. The number of likely N-dealkylation sites (N-methyl/N-ethyl adjacent to an activating group) is 1. The van der Waals surface area contributed by atoms with Crippen molar-refractivity contribution in [2.24, 2.45) is 5.41 Å². The zero-order valence-corrected chi connectivity index (χ0v) is 54.6. The summed E-state index contributed by atoms with van der Waals surface area (Å²) < 4.78 is 116. The average molecular weight is 1350 g/mol. The van der Waals surface area contributed by atoms with Gasteiger partial charge in [-0.05, 0) is 141 Å². The van der Waals surface area contributed by atoms with Gasteiger partial charge in [-0.25, -0.2) is 21.6 Å². The summed E-state index contributed by atoms with van der Waals surface area (Å²) in [7, 11) is -9.25. The number of rotatable bonds is 30. The van der Waals surface area contributed by atoms with Crippen LogP contribution in [0.2, 0.25) is 5.02 Å². The molecule has 0 radical (unpaired) electrons. The number of carbonyl (C=O) groups excluding carboxylic acids is 5. The molecule has 0 bridgehead atoms. The molecule has 3 aliphatic heterocycles. The van der Waals surface area contributed by atoms with Gasteiger partial charge in [0.2, 0.25) is 11.8 Å². The number of hydrogen-bond donors (Lipinski definition) is 4. The SMILES string of the molecule is CN(CCOCCOCCOCCNc1cccc2c1C(=O)N(C1CCC(=O)NC1=O)C2=O)CC[C@H](CSc1ccccc1)Nc1ccc(S(=O)(=O)NC(=O)c2ccc(N3CCN(CC4=C(c5ccc(Cl)cc5)CC(C)(C)CC4)CC3)cc2)cc1S(=O)(=O)C(F)(F)F. The maximum Gasteiger partial charge on any atom is 0.501 e. The molecule has 1 unspecified atom stereocenters. The Kier molecular flexibility index (Phi) is 23.3. The van der Waals surface area contributed by atoms with Crippen LogP contribution in [0.4, 0.5) is 30.2 Å². The van der Waals surface area contributed by atoms with Crippen LogP contribution in [0.1, 0.15) is 89.0 Å². The summed E-state index contributed by atoms with van der Waals surface area (Å²) in [6, 6.07) is 29.0. The van der Waals surface area contributed by atoms with Gasteiger partial charge in [0.1, 0.15) is 10.9 Å². The standard InChI is InChI=1S/C65H76ClF3N8O12S3/c1-64(2)26-24-46(53(41-64)44-12-16-47(66)17-13-44)42-75-29-31-76(32-30-75)49-18-14-45(15-19-49)60(79)73-92(85,86)51-20-21-54(57(40-51)91(83,84)65(67,68)69)71-48(43-90-50-8-5-4-6-9-50)25-28-74(3)33-35-88-37-39-89-38-36-87-34-27-70-55-11-7-10-52-59(55)63(82)77(62(52)81)56-22-23-58(78)72-61(56)80/h4-21,40,48,56,70-71H,22-39,41-43H2,1-3H3,(H,73,79)(H,72,78,80)/t48-,56?/m1/s1. The number of nitrogens with zero attached hydrogens (tertiary/aromatic N) is 4. The first-order valence-electron chi connectivity index (χ1n) is 30.4. The molecule has 1 aliphatic carbocycles. The summed E-state index contributed by atoms with van der Waals surface area (Å²) in [5.41, 5.74) is -0.582. The van der Waals surface area contributed by atoms with E-state index in [1.807, 2.05) is 59.1 Å². The number of ether oxygens (including phenoxy) is 3. The van der Waals surface area contributed by atoms with Crippen molar-refractivity contribution in [3.8, 4) is 0 Å². The number of hydrogen-bond acceptors (Lipinski definition) is 18. The molecule has 27 heteroatoms. The zero-order valence-electron chi connectivity index (χ0n) is 51.4. The predicted molar refractivity (Wildman–Crippen MR) is 346 cm³/mol. The van der Waals surface area contributed by atoms with Crippen molar-refractivity contribution in [3.63, 3.8) is 0 Å². The van der Waals surface area contributed by atoms with Crippen molar-refractivity contribution >= 4 is 95.4 Å². The van der Waals surface area contributed by atoms with E-state index in [1.54, 1.807) is 24.3 Å². The van der Waals surface area contributed by atoms with E-state index in [4.69, 9.17) is 25.8 Å². The van der Waals surface area contributed by atoms with Crippen molar-refractivity contribution in [1.82, 2.24) is 24.7 Å². The number of carbonyl (C=O) groups is 5. The number of fused-ring (bicyclic) bond motifs is 1. The molecule has 9 rings (SSSR count). The highest BCUT2D eigenvalue weighted by atomic mass is 35.5. The largest absolute Gasteiger partial charge is 0.501 e. The first kappa shape index (κ1) is 69.5. The van der Waals surface area contributed by atoms with Gasteiger partial charge in [-0.1, -0.05) is 67.4 Å². The number of sulfone groups is 1. The summed E-state index contributed by atoms with van der Waals surface area (Å²) in [4.78, 5) is 70.2. The van der Waals surface area contributed by atoms with E-state index in [2.05, 4.69) is 51.7 Å². The number of benzene rings is 5. The minimum atomic E-state index is -6.15. The Labute approximate surface area is 543 Å². The van der Waals surface area contributed by atoms with Crippen LogP contribution in [0.3, 0.4) is 0 Å². The Morgan fingerprint density at radius 1 is 0.793 bits per heavy atom. The molecule has 2 fully saturated rings. The number of piperazine rings is 1. The Bertz CT molecular complexity index is 3730. The first-order chi connectivity index (χ1) is 43.9. The smallest absolute Gasteiger partial charge is 0.382 e. The molecule has 0 aromatic heterocycles. The number of alkyl halides is 3. The molecule has 5 aromatic rings. The van der Waals surface area contributed by atoms with Gasteiger partial charge in [0.15, 0.2) is 0 Å². The molecule has 4 N–H and O–H groups in total. The summed E-state index contributed by atoms with van der Waals surface area (Å²) in [6.07, 6.45) is 3.47. The van der Waals surface area contributed by atoms with Crippen LogP contribution in [0, 0.1) is 5.41 Å². The minimum Gasteiger partial charge on any atom is -0.382 e. The number of piperidine rings is 1. The summed E-state index contributed by atoms with van der Waals surface area (Å²) in [5.74, 6) is -3.15. The van der Waals surface area contributed by atoms with E-state index in [-0.39, 0.29) is 73.7 Å². The lowest BCUT2D eigenvalue weighted by Crippen LogP contribution is -2.54. The van der Waals surface area contributed by atoms with Crippen molar-refractivity contribution in [1.29, 1.82) is 0 Å². The Morgan fingerprint density at radius 3 is 2.16 bits per heavy atom. The third kappa shape index (κ3) is 17.9. The number of thioether (sulfide) groups is 1. The summed E-state index contributed by atoms with van der Waals surface area (Å²) in [5, 5.41) is 8.98. The number of nitrogens with one attached hydrogen (secondary N) is 4. The second kappa shape index (κ2) is 30.9. The molecule has 494 valence electrons. The van der Waals surface area contributed by atoms with Gasteiger partial charge in [0.05, 0.1) is 61.4 Å². The van der Waals surface area contributed by atoms with Gasteiger partial charge < -0.3 is 34.6 Å². The highest BCUT2D eigenvalue weighted by molar-refractivity contribution is 7.99. The van der Waals surface area contributed by atoms with E-state index >= 15 is 0 Å². The number of sulfonamides is 1. The molecule has 2 saturated heterocycles. The average Bonchev–Trinajstić information content (AvgIpc) is 1.38. The van der Waals surface area contributed by atoms with Gasteiger partial charge >= 0.3 is 5.51 Å². The Balaban J connectivity index is 0.728. The van der Waals surface area contributed by atoms with Crippen molar-refractivity contribution < 1.29 is 68.2 Å². The van der Waals surface area contributed by atoms with Crippen LogP contribution < -0.4 is 25.6 Å². The van der Waals surface area contributed by atoms with Crippen molar-refractivity contribution in [3.05, 3.63) is 148 Å². The molecule has 3 heterocycles. The fourth-order valence-electron chi connectivity index (χ4n) is 11.4. The predicted octanol–water partition coefficient (Wildman–Crippen LogP) is 9.00. The van der Waals surface area contributed by atoms with Gasteiger partial charge in [-0.2, -0.15) is 13.2 Å². The van der Waals surface area contributed by atoms with E-state index in [0.29, 0.717) is 62.5 Å². The molecular weight excluding hydrogens is 1270 g/mol. The lowest BCUT2D eigenvalue weighted by atomic mass is 9.72. The number of allylic oxidation sites excluding steroid dienone is 1. The zero-order chi connectivity index (χ0) is 65.8. The number of amides is 5. The van der Waals surface area contributed by atoms with Crippen LogP contribution in [0.25, 0.3) is 5.57 Å². The third-order valence-electron chi connectivity index (χ3n) is 16.5. The van der Waals surface area contributed by atoms with Crippen molar-refractivity contribution in [2.45, 2.75) is 84.7 Å².